The maximum atomic E-state index is 12.3. The standard InChI is InChI=1S/C40H74O4/c1-4-7-9-11-13-15-17-19-21-23-25-27-29-31-33-36-38(41)43-40(35-6-3)44-39(42)37-34-32-30-28-26-24-22-20-18-16-14-12-10-8-5-2/h19-22,40H,4-18,23-37H2,1-3H3/b21-19-,22-20-. The topological polar surface area (TPSA) is 52.6 Å². The molecule has 0 aliphatic carbocycles. The van der Waals surface area contributed by atoms with E-state index in [2.05, 4.69) is 38.2 Å². The molecule has 0 amide bonds. The van der Waals surface area contributed by atoms with Gasteiger partial charge in [-0.25, -0.2) is 0 Å². The van der Waals surface area contributed by atoms with Gasteiger partial charge in [-0.1, -0.05) is 148 Å². The van der Waals surface area contributed by atoms with Crippen LogP contribution in [0, 0.1) is 0 Å². The SMILES string of the molecule is CCCCCCCC/C=C\CCCCCCCC(=O)OC(CCC)OC(=O)CCCCCCC/C=C\CCCCCCCC. The highest BCUT2D eigenvalue weighted by atomic mass is 16.7. The van der Waals surface area contributed by atoms with Crippen molar-refractivity contribution in [3.05, 3.63) is 24.3 Å². The van der Waals surface area contributed by atoms with Crippen LogP contribution in [0.25, 0.3) is 0 Å². The van der Waals surface area contributed by atoms with E-state index in [9.17, 15) is 9.59 Å². The van der Waals surface area contributed by atoms with Gasteiger partial charge in [-0.15, -0.1) is 0 Å². The predicted molar refractivity (Wildman–Crippen MR) is 190 cm³/mol. The van der Waals surface area contributed by atoms with E-state index in [0.717, 1.165) is 44.9 Å². The first-order chi connectivity index (χ1) is 21.6. The number of esters is 2. The van der Waals surface area contributed by atoms with E-state index in [0.29, 0.717) is 19.3 Å². The highest BCUT2D eigenvalue weighted by molar-refractivity contribution is 5.71. The zero-order valence-electron chi connectivity index (χ0n) is 29.7. The molecule has 0 atom stereocenters. The maximum absolute atomic E-state index is 12.3. The number of ether oxygens (including phenoxy) is 2. The summed E-state index contributed by atoms with van der Waals surface area (Å²) in [5, 5.41) is 0. The highest BCUT2D eigenvalue weighted by Gasteiger charge is 2.18. The molecule has 0 aromatic rings. The molecule has 0 aliphatic heterocycles. The summed E-state index contributed by atoms with van der Waals surface area (Å²) in [5.41, 5.74) is 0. The molecule has 0 bridgehead atoms. The minimum Gasteiger partial charge on any atom is -0.425 e. The van der Waals surface area contributed by atoms with Crippen LogP contribution in [0.15, 0.2) is 24.3 Å². The van der Waals surface area contributed by atoms with Crippen molar-refractivity contribution in [3.63, 3.8) is 0 Å². The highest BCUT2D eigenvalue weighted by Crippen LogP contribution is 2.14. The van der Waals surface area contributed by atoms with Gasteiger partial charge in [0, 0.05) is 19.3 Å². The number of hydrogen-bond acceptors (Lipinski definition) is 4. The van der Waals surface area contributed by atoms with Gasteiger partial charge < -0.3 is 9.47 Å². The van der Waals surface area contributed by atoms with Gasteiger partial charge in [-0.05, 0) is 70.6 Å². The molecule has 0 N–H and O–H groups in total. The van der Waals surface area contributed by atoms with Crippen molar-refractivity contribution in [1.29, 1.82) is 0 Å². The third-order valence-electron chi connectivity index (χ3n) is 8.34. The van der Waals surface area contributed by atoms with E-state index in [1.165, 1.54) is 128 Å². The molecule has 0 unspecified atom stereocenters. The van der Waals surface area contributed by atoms with Crippen molar-refractivity contribution in [2.75, 3.05) is 0 Å². The lowest BCUT2D eigenvalue weighted by molar-refractivity contribution is -0.189. The summed E-state index contributed by atoms with van der Waals surface area (Å²) < 4.78 is 11.0. The molecule has 0 aromatic carbocycles. The normalized spacial score (nSPS) is 11.7. The fourth-order valence-electron chi connectivity index (χ4n) is 5.47. The quantitative estimate of drug-likeness (QED) is 0.0311. The van der Waals surface area contributed by atoms with Crippen molar-refractivity contribution in [2.45, 2.75) is 220 Å². The Morgan fingerprint density at radius 1 is 0.409 bits per heavy atom. The number of carbonyl (C=O) groups is 2. The van der Waals surface area contributed by atoms with Gasteiger partial charge >= 0.3 is 11.9 Å². The Labute approximate surface area is 274 Å². The average Bonchev–Trinajstić information content (AvgIpc) is 3.01. The van der Waals surface area contributed by atoms with E-state index >= 15 is 0 Å². The fourth-order valence-corrected chi connectivity index (χ4v) is 5.47. The molecule has 44 heavy (non-hydrogen) atoms. The van der Waals surface area contributed by atoms with E-state index in [4.69, 9.17) is 9.47 Å². The summed E-state index contributed by atoms with van der Waals surface area (Å²) in [5.74, 6) is -0.482. The summed E-state index contributed by atoms with van der Waals surface area (Å²) in [6, 6.07) is 0. The van der Waals surface area contributed by atoms with Gasteiger partial charge in [-0.3, -0.25) is 9.59 Å². The second kappa shape index (κ2) is 35.9. The minimum absolute atomic E-state index is 0.241. The molecule has 0 fully saturated rings. The van der Waals surface area contributed by atoms with Crippen LogP contribution in [0.3, 0.4) is 0 Å². The molecular formula is C40H74O4. The summed E-state index contributed by atoms with van der Waals surface area (Å²) in [7, 11) is 0. The number of allylic oxidation sites excluding steroid dienone is 4. The zero-order chi connectivity index (χ0) is 32.2. The van der Waals surface area contributed by atoms with Gasteiger partial charge in [0.2, 0.25) is 6.29 Å². The Morgan fingerprint density at radius 3 is 1.02 bits per heavy atom. The van der Waals surface area contributed by atoms with Crippen molar-refractivity contribution >= 4 is 11.9 Å². The molecule has 0 saturated heterocycles. The maximum Gasteiger partial charge on any atom is 0.308 e. The van der Waals surface area contributed by atoms with Crippen LogP contribution < -0.4 is 0 Å². The first-order valence-electron chi connectivity index (χ1n) is 19.3. The summed E-state index contributed by atoms with van der Waals surface area (Å²) >= 11 is 0. The first-order valence-corrected chi connectivity index (χ1v) is 19.3. The number of hydrogen-bond donors (Lipinski definition) is 0. The minimum atomic E-state index is -0.730. The summed E-state index contributed by atoms with van der Waals surface area (Å²) in [6.07, 6.45) is 42.9. The molecule has 0 spiro atoms. The molecule has 0 rings (SSSR count). The molecule has 4 heteroatoms. The predicted octanol–water partition coefficient (Wildman–Crippen LogP) is 13.3. The molecule has 0 heterocycles. The van der Waals surface area contributed by atoms with Crippen LogP contribution >= 0.6 is 0 Å². The largest absolute Gasteiger partial charge is 0.425 e. The molecule has 0 aromatic heterocycles. The fraction of sp³-hybridized carbons (Fsp3) is 0.850. The van der Waals surface area contributed by atoms with E-state index < -0.39 is 6.29 Å². The van der Waals surface area contributed by atoms with Crippen molar-refractivity contribution in [3.8, 4) is 0 Å². The van der Waals surface area contributed by atoms with Crippen molar-refractivity contribution in [2.24, 2.45) is 0 Å². The van der Waals surface area contributed by atoms with Gasteiger partial charge in [0.05, 0.1) is 0 Å². The average molecular weight is 619 g/mol. The third-order valence-corrected chi connectivity index (χ3v) is 8.34. The Morgan fingerprint density at radius 2 is 0.705 bits per heavy atom. The Hall–Kier alpha value is -1.58. The lowest BCUT2D eigenvalue weighted by Crippen LogP contribution is -2.24. The third kappa shape index (κ3) is 33.3. The molecule has 4 nitrogen and oxygen atoms in total. The van der Waals surface area contributed by atoms with Crippen LogP contribution in [0.2, 0.25) is 0 Å². The Bertz CT molecular complexity index is 614. The Kier molecular flexibility index (Phi) is 34.6. The van der Waals surface area contributed by atoms with Crippen LogP contribution in [-0.2, 0) is 19.1 Å². The molecule has 0 aliphatic rings. The zero-order valence-corrected chi connectivity index (χ0v) is 29.7. The van der Waals surface area contributed by atoms with Crippen molar-refractivity contribution in [1.82, 2.24) is 0 Å². The first kappa shape index (κ1) is 42.4. The van der Waals surface area contributed by atoms with Gasteiger partial charge in [0.25, 0.3) is 0 Å². The van der Waals surface area contributed by atoms with Gasteiger partial charge in [0.1, 0.15) is 0 Å². The molecule has 0 saturated carbocycles. The van der Waals surface area contributed by atoms with Gasteiger partial charge in [0.15, 0.2) is 0 Å². The van der Waals surface area contributed by atoms with Crippen molar-refractivity contribution < 1.29 is 19.1 Å². The smallest absolute Gasteiger partial charge is 0.308 e. The number of carbonyl (C=O) groups excluding carboxylic acids is 2. The second-order valence-corrected chi connectivity index (χ2v) is 12.9. The molecule has 258 valence electrons. The Balaban J connectivity index is 3.70. The second-order valence-electron chi connectivity index (χ2n) is 12.9. The summed E-state index contributed by atoms with van der Waals surface area (Å²) in [6.45, 7) is 6.55. The lowest BCUT2D eigenvalue weighted by atomic mass is 10.1. The van der Waals surface area contributed by atoms with E-state index in [-0.39, 0.29) is 11.9 Å². The van der Waals surface area contributed by atoms with Gasteiger partial charge in [-0.2, -0.15) is 0 Å². The van der Waals surface area contributed by atoms with Crippen LogP contribution in [0.1, 0.15) is 213 Å². The number of unbranched alkanes of at least 4 members (excludes halogenated alkanes) is 22. The molecular weight excluding hydrogens is 544 g/mol. The van der Waals surface area contributed by atoms with Crippen LogP contribution in [-0.4, -0.2) is 18.2 Å². The monoisotopic (exact) mass is 619 g/mol. The summed E-state index contributed by atoms with van der Waals surface area (Å²) in [4.78, 5) is 24.6. The van der Waals surface area contributed by atoms with E-state index in [1.807, 2.05) is 6.92 Å². The molecule has 0 radical (unpaired) electrons. The lowest BCUT2D eigenvalue weighted by Gasteiger charge is -2.18. The number of rotatable bonds is 34. The van der Waals surface area contributed by atoms with E-state index in [1.54, 1.807) is 0 Å². The van der Waals surface area contributed by atoms with Crippen LogP contribution in [0.4, 0.5) is 0 Å². The van der Waals surface area contributed by atoms with Crippen LogP contribution in [0.5, 0.6) is 0 Å².